The Bertz CT molecular complexity index is 3810. The van der Waals surface area contributed by atoms with Crippen LogP contribution in [0.3, 0.4) is 0 Å². The van der Waals surface area contributed by atoms with Crippen molar-refractivity contribution in [1.82, 2.24) is 10.9 Å². The molecule has 1 aliphatic carbocycles. The summed E-state index contributed by atoms with van der Waals surface area (Å²) in [5.74, 6) is 3.06. The highest BCUT2D eigenvalue weighted by molar-refractivity contribution is 7.89. The Labute approximate surface area is 512 Å². The van der Waals surface area contributed by atoms with Crippen LogP contribution in [-0.2, 0) is 48.5 Å². The van der Waals surface area contributed by atoms with E-state index in [9.17, 15) is 27.6 Å². The summed E-state index contributed by atoms with van der Waals surface area (Å²) in [4.78, 5) is 47.0. The molecule has 1 aliphatic rings. The van der Waals surface area contributed by atoms with Crippen molar-refractivity contribution < 1.29 is 51.0 Å². The molecule has 21 heteroatoms. The van der Waals surface area contributed by atoms with E-state index in [1.54, 1.807) is 43.7 Å². The molecule has 7 N–H and O–H groups in total. The van der Waals surface area contributed by atoms with Crippen molar-refractivity contribution in [1.29, 1.82) is 5.26 Å². The lowest BCUT2D eigenvalue weighted by Gasteiger charge is -2.09. The van der Waals surface area contributed by atoms with E-state index in [4.69, 9.17) is 33.8 Å². The van der Waals surface area contributed by atoms with E-state index in [1.807, 2.05) is 144 Å². The van der Waals surface area contributed by atoms with Crippen molar-refractivity contribution in [3.63, 3.8) is 0 Å². The molecule has 88 heavy (non-hydrogen) atoms. The number of carbonyl (C=O) groups is 4. The van der Waals surface area contributed by atoms with Gasteiger partial charge in [0, 0.05) is 17.1 Å². The van der Waals surface area contributed by atoms with E-state index in [1.165, 1.54) is 59.2 Å². The maximum Gasteiger partial charge on any atom is 0.277 e. The molecular weight excluding hydrogens is 1140 g/mol. The average molecular weight is 1210 g/mol. The van der Waals surface area contributed by atoms with Crippen LogP contribution in [0.4, 0.5) is 17.1 Å². The number of nitrogens with zero attached hydrogens (tertiary/aromatic N) is 3. The van der Waals surface area contributed by atoms with Crippen LogP contribution in [-0.4, -0.2) is 78.0 Å². The molecule has 0 saturated heterocycles. The average Bonchev–Trinajstić information content (AvgIpc) is 4.39. The van der Waals surface area contributed by atoms with Gasteiger partial charge in [-0.2, -0.15) is 15.5 Å². The number of methoxy groups -OCH3 is 1. The summed E-state index contributed by atoms with van der Waals surface area (Å²) in [7, 11) is -2.13. The summed E-state index contributed by atoms with van der Waals surface area (Å²) in [6.07, 6.45) is 6.82. The van der Waals surface area contributed by atoms with E-state index in [0.29, 0.717) is 35.1 Å². The number of nitriles is 1. The van der Waals surface area contributed by atoms with Gasteiger partial charge >= 0.3 is 0 Å². The van der Waals surface area contributed by atoms with Gasteiger partial charge in [-0.1, -0.05) is 71.8 Å². The smallest absolute Gasteiger partial charge is 0.277 e. The summed E-state index contributed by atoms with van der Waals surface area (Å²) in [6.45, 7) is 9.77. The number of amides is 4. The molecule has 7 aromatic carbocycles. The number of sulfonamides is 1. The predicted octanol–water partition coefficient (Wildman–Crippen LogP) is 10.2. The Morgan fingerprint density at radius 1 is 0.580 bits per heavy atom. The van der Waals surface area contributed by atoms with E-state index >= 15 is 0 Å². The maximum atomic E-state index is 11.9. The quantitative estimate of drug-likeness (QED) is 0.0289. The number of hydrogen-bond donors (Lipinski definition) is 6. The zero-order valence-corrected chi connectivity index (χ0v) is 50.6. The molecule has 0 fully saturated rings. The van der Waals surface area contributed by atoms with E-state index < -0.39 is 10.0 Å². The summed E-state index contributed by atoms with van der Waals surface area (Å²) < 4.78 is 49.0. The van der Waals surface area contributed by atoms with Gasteiger partial charge in [-0.25, -0.2) is 24.4 Å². The molecule has 4 amide bonds. The van der Waals surface area contributed by atoms with Crippen molar-refractivity contribution in [2.75, 3.05) is 49.4 Å². The van der Waals surface area contributed by atoms with Crippen LogP contribution in [0.15, 0.2) is 189 Å². The fourth-order valence-corrected chi connectivity index (χ4v) is 8.47. The molecular formula is C67H71N9O11S. The minimum absolute atomic E-state index is 0.0126. The second-order valence-corrected chi connectivity index (χ2v) is 21.5. The van der Waals surface area contributed by atoms with Crippen molar-refractivity contribution >= 4 is 63.1 Å². The third-order valence-corrected chi connectivity index (χ3v) is 13.7. The molecule has 0 saturated carbocycles. The van der Waals surface area contributed by atoms with E-state index in [-0.39, 0.29) is 54.9 Å². The van der Waals surface area contributed by atoms with Gasteiger partial charge < -0.3 is 39.3 Å². The number of hydrazone groups is 2. The number of hydrogen-bond acceptors (Lipinski definition) is 15. The highest BCUT2D eigenvalue weighted by Crippen LogP contribution is 2.26. The number of nitrogens with two attached hydrogens (primary N) is 1. The molecule has 1 aromatic heterocycles. The van der Waals surface area contributed by atoms with Gasteiger partial charge in [0.05, 0.1) is 43.5 Å². The van der Waals surface area contributed by atoms with Crippen LogP contribution >= 0.6 is 0 Å². The van der Waals surface area contributed by atoms with Crippen molar-refractivity contribution in [2.24, 2.45) is 15.3 Å². The highest BCUT2D eigenvalue weighted by Gasteiger charge is 2.13. The number of furan rings is 1. The number of carbonyl (C=O) groups excluding carboxylic acids is 4. The number of ether oxygens (including phenoxy) is 4. The number of aryl methyl sites for hydroxylation is 7. The standard InChI is InChI=1S/C19H18N2O2.C17H19N3O2.C16H18N2O3.C15H16N2O4S/c20-11-10-14-4-7-17(8-5-14)21-19(22)13-23-18-9-6-15-2-1-3-16(15)12-18;1-13-6-8-15(9-7-13)18-12-17(21)20-19-11-14-4-3-5-16(10-14)22-2;1-11-4-6-14(8-12(11)2)20-10-16(19)18-17-9-15-7-5-13(3)21-15;1-11-2-6-13(7-3-11)21-10-15(18)17-12-4-8-14(9-5-12)22(16,19)20/h4-9,12H,1-3,10,13H2,(H,21,22);3-11,18H,12H2,1-2H3,(H,20,21);4-9H,10H2,1-3H3,(H,18,19);2-9H,10H2,1H3,(H,17,18)(H2,16,19,20)/b;19-11+;17-9+;. The third kappa shape index (κ3) is 24.2. The Hall–Kier alpha value is -10.6. The number of rotatable bonds is 21. The normalized spacial score (nSPS) is 11.2. The van der Waals surface area contributed by atoms with Gasteiger partial charge in [0.2, 0.25) is 10.0 Å². The van der Waals surface area contributed by atoms with E-state index in [0.717, 1.165) is 58.0 Å². The molecule has 0 radical (unpaired) electrons. The first-order valence-corrected chi connectivity index (χ1v) is 29.3. The Morgan fingerprint density at radius 2 is 1.14 bits per heavy atom. The number of primary sulfonamides is 1. The highest BCUT2D eigenvalue weighted by atomic mass is 32.2. The lowest BCUT2D eigenvalue weighted by atomic mass is 10.1. The minimum atomic E-state index is -3.74. The molecule has 0 unspecified atom stereocenters. The molecule has 1 heterocycles. The van der Waals surface area contributed by atoms with Gasteiger partial charge in [-0.3, -0.25) is 19.2 Å². The van der Waals surface area contributed by atoms with Gasteiger partial charge in [-0.15, -0.1) is 0 Å². The molecule has 9 rings (SSSR count). The van der Waals surface area contributed by atoms with Crippen molar-refractivity contribution in [2.45, 2.75) is 65.2 Å². The minimum Gasteiger partial charge on any atom is -0.497 e. The van der Waals surface area contributed by atoms with Gasteiger partial charge in [0.15, 0.2) is 19.8 Å². The van der Waals surface area contributed by atoms with Crippen LogP contribution in [0.2, 0.25) is 0 Å². The van der Waals surface area contributed by atoms with Crippen LogP contribution in [0.25, 0.3) is 0 Å². The van der Waals surface area contributed by atoms with Gasteiger partial charge in [-0.05, 0) is 196 Å². The Morgan fingerprint density at radius 3 is 1.75 bits per heavy atom. The van der Waals surface area contributed by atoms with Gasteiger partial charge in [0.1, 0.15) is 34.5 Å². The molecule has 0 bridgehead atoms. The first-order chi connectivity index (χ1) is 42.3. The summed E-state index contributed by atoms with van der Waals surface area (Å²) >= 11 is 0. The van der Waals surface area contributed by atoms with Crippen molar-refractivity contribution in [3.05, 3.63) is 226 Å². The summed E-state index contributed by atoms with van der Waals surface area (Å²) in [5.41, 5.74) is 16.0. The second kappa shape index (κ2) is 34.4. The first kappa shape index (κ1) is 66.6. The fourth-order valence-electron chi connectivity index (χ4n) is 7.96. The Kier molecular flexibility index (Phi) is 26.0. The topological polar surface area (TPSA) is 287 Å². The second-order valence-electron chi connectivity index (χ2n) is 19.9. The zero-order chi connectivity index (χ0) is 63.3. The lowest BCUT2D eigenvalue weighted by Crippen LogP contribution is -2.25. The van der Waals surface area contributed by atoms with Crippen LogP contribution in [0.1, 0.15) is 62.4 Å². The SMILES string of the molecule is COc1cccc(/C=N/NC(=O)CNc2ccc(C)cc2)c1.Cc1ccc(/C=N/NC(=O)COc2ccc(C)c(C)c2)o1.Cc1ccc(OCC(=O)Nc2ccc(S(N)(=O)=O)cc2)cc1.N#CCc1ccc(NC(=O)COc2ccc3c(c2)CCC3)cc1. The van der Waals surface area contributed by atoms with Crippen molar-refractivity contribution in [3.8, 4) is 29.1 Å². The van der Waals surface area contributed by atoms with Crippen LogP contribution in [0.5, 0.6) is 23.0 Å². The molecule has 8 aromatic rings. The number of nitrogens with one attached hydrogen (secondary N) is 5. The van der Waals surface area contributed by atoms with E-state index in [2.05, 4.69) is 49.1 Å². The first-order valence-electron chi connectivity index (χ1n) is 27.8. The molecule has 20 nitrogen and oxygen atoms in total. The summed E-state index contributed by atoms with van der Waals surface area (Å²) in [6, 6.07) is 52.9. The summed E-state index contributed by atoms with van der Waals surface area (Å²) in [5, 5.41) is 29.8. The Balaban J connectivity index is 0.000000187. The number of fused-ring (bicyclic) bond motifs is 1. The molecule has 456 valence electrons. The van der Waals surface area contributed by atoms with Crippen LogP contribution < -0.4 is 50.9 Å². The molecule has 0 aliphatic heterocycles. The predicted molar refractivity (Wildman–Crippen MR) is 340 cm³/mol. The molecule has 0 atom stereocenters. The largest absolute Gasteiger partial charge is 0.497 e. The van der Waals surface area contributed by atoms with Gasteiger partial charge in [0.25, 0.3) is 23.6 Å². The number of anilines is 3. The molecule has 0 spiro atoms. The third-order valence-electron chi connectivity index (χ3n) is 12.8. The maximum absolute atomic E-state index is 11.9. The fraction of sp³-hybridized carbons (Fsp3) is 0.209. The number of benzene rings is 7. The zero-order valence-electron chi connectivity index (χ0n) is 49.8. The van der Waals surface area contributed by atoms with Crippen LogP contribution in [0, 0.1) is 45.9 Å². The lowest BCUT2D eigenvalue weighted by molar-refractivity contribution is -0.123. The monoisotopic (exact) mass is 1210 g/mol.